The van der Waals surface area contributed by atoms with Gasteiger partial charge in [-0.1, -0.05) is 12.1 Å². The van der Waals surface area contributed by atoms with Crippen molar-refractivity contribution in [3.63, 3.8) is 0 Å². The summed E-state index contributed by atoms with van der Waals surface area (Å²) in [6, 6.07) is 12.4. The summed E-state index contributed by atoms with van der Waals surface area (Å²) < 4.78 is 15.1. The first kappa shape index (κ1) is 21.6. The fourth-order valence-electron chi connectivity index (χ4n) is 2.19. The molecule has 140 valence electrons. The number of benzene rings is 2. The molecule has 0 radical (unpaired) electrons. The minimum atomic E-state index is -0.387. The number of anilines is 1. The Kier molecular flexibility index (Phi) is 8.70. The Bertz CT molecular complexity index is 781. The molecule has 2 aromatic carbocycles. The Hall–Kier alpha value is -2.49. The van der Waals surface area contributed by atoms with Crippen molar-refractivity contribution in [1.29, 1.82) is 0 Å². The summed E-state index contributed by atoms with van der Waals surface area (Å²) in [5.41, 5.74) is 7.96. The average molecular weight is 471 g/mol. The number of carbonyl (C=O) groups is 1. The van der Waals surface area contributed by atoms with Gasteiger partial charge in [-0.3, -0.25) is 0 Å². The molecule has 0 aliphatic heterocycles. The number of ether oxygens (including phenoxy) is 3. The van der Waals surface area contributed by atoms with Gasteiger partial charge in [0.15, 0.2) is 17.5 Å². The van der Waals surface area contributed by atoms with E-state index < -0.39 is 0 Å². The third-order valence-corrected chi connectivity index (χ3v) is 3.44. The van der Waals surface area contributed by atoms with Gasteiger partial charge in [0.2, 0.25) is 0 Å². The molecule has 0 atom stereocenters. The number of methoxy groups -OCH3 is 3. The number of nitrogens with zero attached hydrogens (tertiary/aromatic N) is 1. The SMILES string of the molecule is COC(=O)c1cccc(CN=C(N)Nc2ccc(OC)c(OC)c2)c1.I. The summed E-state index contributed by atoms with van der Waals surface area (Å²) in [5.74, 6) is 1.08. The van der Waals surface area contributed by atoms with Crippen molar-refractivity contribution in [1.82, 2.24) is 0 Å². The number of esters is 1. The zero-order valence-corrected chi connectivity index (χ0v) is 17.1. The molecule has 0 amide bonds. The first-order valence-electron chi connectivity index (χ1n) is 7.53. The van der Waals surface area contributed by atoms with E-state index in [4.69, 9.17) is 19.9 Å². The second kappa shape index (κ2) is 10.5. The Balaban J connectivity index is 0.00000338. The van der Waals surface area contributed by atoms with Crippen LogP contribution in [0.1, 0.15) is 15.9 Å². The fraction of sp³-hybridized carbons (Fsp3) is 0.222. The normalized spacial score (nSPS) is 10.5. The third kappa shape index (κ3) is 5.80. The molecule has 7 nitrogen and oxygen atoms in total. The van der Waals surface area contributed by atoms with E-state index in [0.29, 0.717) is 23.6 Å². The van der Waals surface area contributed by atoms with Gasteiger partial charge in [0, 0.05) is 11.8 Å². The smallest absolute Gasteiger partial charge is 0.337 e. The first-order chi connectivity index (χ1) is 12.1. The number of aliphatic imine (C=N–C) groups is 1. The monoisotopic (exact) mass is 471 g/mol. The molecule has 0 unspecified atom stereocenters. The number of hydrogen-bond acceptors (Lipinski definition) is 5. The number of hydrogen-bond donors (Lipinski definition) is 2. The summed E-state index contributed by atoms with van der Waals surface area (Å²) >= 11 is 0. The predicted octanol–water partition coefficient (Wildman–Crippen LogP) is 3.04. The highest BCUT2D eigenvalue weighted by Gasteiger charge is 2.06. The molecule has 8 heteroatoms. The number of nitrogens with two attached hydrogens (primary N) is 1. The minimum Gasteiger partial charge on any atom is -0.493 e. The second-order valence-corrected chi connectivity index (χ2v) is 5.09. The molecule has 0 saturated heterocycles. The van der Waals surface area contributed by atoms with Gasteiger partial charge >= 0.3 is 5.97 Å². The molecule has 0 aromatic heterocycles. The quantitative estimate of drug-likeness (QED) is 0.291. The molecule has 2 aromatic rings. The lowest BCUT2D eigenvalue weighted by atomic mass is 10.1. The van der Waals surface area contributed by atoms with Gasteiger partial charge in [-0.2, -0.15) is 0 Å². The average Bonchev–Trinajstić information content (AvgIpc) is 2.65. The molecule has 0 heterocycles. The second-order valence-electron chi connectivity index (χ2n) is 5.09. The number of carbonyl (C=O) groups excluding carboxylic acids is 1. The highest BCUT2D eigenvalue weighted by molar-refractivity contribution is 14.0. The molecule has 0 aliphatic rings. The Morgan fingerprint density at radius 3 is 2.46 bits per heavy atom. The lowest BCUT2D eigenvalue weighted by Gasteiger charge is -2.11. The van der Waals surface area contributed by atoms with Crippen molar-refractivity contribution >= 4 is 41.6 Å². The maximum Gasteiger partial charge on any atom is 0.337 e. The lowest BCUT2D eigenvalue weighted by molar-refractivity contribution is 0.0600. The highest BCUT2D eigenvalue weighted by atomic mass is 127. The Labute approximate surface area is 169 Å². The maximum atomic E-state index is 11.5. The summed E-state index contributed by atoms with van der Waals surface area (Å²) in [4.78, 5) is 15.8. The van der Waals surface area contributed by atoms with Crippen LogP contribution in [0, 0.1) is 0 Å². The number of nitrogens with one attached hydrogen (secondary N) is 1. The standard InChI is InChI=1S/C18H21N3O4.HI/c1-23-15-8-7-14(10-16(15)24-2)21-18(19)20-11-12-5-4-6-13(9-12)17(22)25-3;/h4-10H,11H2,1-3H3,(H3,19,20,21);1H. The van der Waals surface area contributed by atoms with Crippen molar-refractivity contribution in [2.24, 2.45) is 10.7 Å². The van der Waals surface area contributed by atoms with Crippen LogP contribution < -0.4 is 20.5 Å². The van der Waals surface area contributed by atoms with Crippen LogP contribution in [0.25, 0.3) is 0 Å². The predicted molar refractivity (Wildman–Crippen MR) is 112 cm³/mol. The van der Waals surface area contributed by atoms with Crippen molar-refractivity contribution in [2.45, 2.75) is 6.54 Å². The van der Waals surface area contributed by atoms with E-state index in [0.717, 1.165) is 11.3 Å². The first-order valence-corrected chi connectivity index (χ1v) is 7.53. The van der Waals surface area contributed by atoms with Crippen LogP contribution in [-0.4, -0.2) is 33.3 Å². The molecule has 26 heavy (non-hydrogen) atoms. The Morgan fingerprint density at radius 2 is 1.81 bits per heavy atom. The molecule has 0 saturated carbocycles. The molecule has 2 rings (SSSR count). The van der Waals surface area contributed by atoms with Crippen LogP contribution >= 0.6 is 24.0 Å². The summed E-state index contributed by atoms with van der Waals surface area (Å²) in [5, 5.41) is 2.99. The summed E-state index contributed by atoms with van der Waals surface area (Å²) in [6.07, 6.45) is 0. The van der Waals surface area contributed by atoms with E-state index in [1.54, 1.807) is 44.6 Å². The van der Waals surface area contributed by atoms with E-state index in [9.17, 15) is 4.79 Å². The van der Waals surface area contributed by atoms with Crippen molar-refractivity contribution in [2.75, 3.05) is 26.6 Å². The van der Waals surface area contributed by atoms with Gasteiger partial charge < -0.3 is 25.3 Å². The van der Waals surface area contributed by atoms with Gasteiger partial charge in [0.05, 0.1) is 33.4 Å². The van der Waals surface area contributed by atoms with Crippen molar-refractivity contribution in [3.8, 4) is 11.5 Å². The van der Waals surface area contributed by atoms with Crippen LogP contribution in [0.5, 0.6) is 11.5 Å². The number of guanidine groups is 1. The Morgan fingerprint density at radius 1 is 1.08 bits per heavy atom. The van der Waals surface area contributed by atoms with Crippen LogP contribution in [0.4, 0.5) is 5.69 Å². The third-order valence-electron chi connectivity index (χ3n) is 3.44. The van der Waals surface area contributed by atoms with Crippen LogP contribution in [-0.2, 0) is 11.3 Å². The van der Waals surface area contributed by atoms with E-state index >= 15 is 0 Å². The van der Waals surface area contributed by atoms with Crippen molar-refractivity contribution in [3.05, 3.63) is 53.6 Å². The van der Waals surface area contributed by atoms with Crippen LogP contribution in [0.2, 0.25) is 0 Å². The van der Waals surface area contributed by atoms with Gasteiger partial charge in [0.25, 0.3) is 0 Å². The van der Waals surface area contributed by atoms with Crippen LogP contribution in [0.3, 0.4) is 0 Å². The van der Waals surface area contributed by atoms with E-state index in [2.05, 4.69) is 10.3 Å². The maximum absolute atomic E-state index is 11.5. The van der Waals surface area contributed by atoms with Gasteiger partial charge in [0.1, 0.15) is 0 Å². The zero-order valence-electron chi connectivity index (χ0n) is 14.8. The number of rotatable bonds is 6. The minimum absolute atomic E-state index is 0. The largest absolute Gasteiger partial charge is 0.493 e. The topological polar surface area (TPSA) is 95.2 Å². The molecule has 0 spiro atoms. The van der Waals surface area contributed by atoms with Crippen LogP contribution in [0.15, 0.2) is 47.5 Å². The fourth-order valence-corrected chi connectivity index (χ4v) is 2.19. The lowest BCUT2D eigenvalue weighted by Crippen LogP contribution is -2.22. The van der Waals surface area contributed by atoms with E-state index in [-0.39, 0.29) is 35.9 Å². The van der Waals surface area contributed by atoms with E-state index in [1.807, 2.05) is 12.1 Å². The molecule has 0 aliphatic carbocycles. The highest BCUT2D eigenvalue weighted by Crippen LogP contribution is 2.29. The van der Waals surface area contributed by atoms with Crippen molar-refractivity contribution < 1.29 is 19.0 Å². The number of halogens is 1. The van der Waals surface area contributed by atoms with Gasteiger partial charge in [-0.15, -0.1) is 24.0 Å². The zero-order chi connectivity index (χ0) is 18.2. The molecule has 3 N–H and O–H groups in total. The summed E-state index contributed by atoms with van der Waals surface area (Å²) in [7, 11) is 4.48. The molecule has 0 bridgehead atoms. The molecule has 0 fully saturated rings. The summed E-state index contributed by atoms with van der Waals surface area (Å²) in [6.45, 7) is 0.330. The van der Waals surface area contributed by atoms with E-state index in [1.165, 1.54) is 7.11 Å². The van der Waals surface area contributed by atoms with Gasteiger partial charge in [-0.25, -0.2) is 9.79 Å². The molecular formula is C18H22IN3O4. The van der Waals surface area contributed by atoms with Gasteiger partial charge in [-0.05, 0) is 29.8 Å². The molecular weight excluding hydrogens is 449 g/mol.